The minimum atomic E-state index is -0.383. The molecule has 1 aliphatic carbocycles. The largest absolute Gasteiger partial charge is 0.394 e. The molecule has 4 heteroatoms. The molecule has 2 aliphatic rings. The highest BCUT2D eigenvalue weighted by molar-refractivity contribution is 5.48. The number of nitrogens with two attached hydrogens (primary N) is 1. The molecule has 1 aliphatic heterocycles. The molecule has 3 rings (SSSR count). The number of aryl methyl sites for hydroxylation is 1. The van der Waals surface area contributed by atoms with Crippen LogP contribution in [0.2, 0.25) is 0 Å². The third-order valence-electron chi connectivity index (χ3n) is 4.94. The van der Waals surface area contributed by atoms with Crippen LogP contribution < -0.4 is 10.6 Å². The molecule has 1 aromatic rings. The summed E-state index contributed by atoms with van der Waals surface area (Å²) in [4.78, 5) is 4.86. The number of aliphatic hydroxyl groups excluding tert-OH is 1. The van der Waals surface area contributed by atoms with Crippen LogP contribution in [-0.2, 0) is 0 Å². The van der Waals surface area contributed by atoms with Gasteiger partial charge in [-0.2, -0.15) is 0 Å². The van der Waals surface area contributed by atoms with Crippen LogP contribution in [0.5, 0.6) is 0 Å². The summed E-state index contributed by atoms with van der Waals surface area (Å²) in [5.74, 6) is 0.525. The molecule has 1 aromatic carbocycles. The minimum Gasteiger partial charge on any atom is -0.394 e. The van der Waals surface area contributed by atoms with E-state index in [1.807, 2.05) is 0 Å². The average molecular weight is 289 g/mol. The second kappa shape index (κ2) is 5.95. The van der Waals surface area contributed by atoms with Gasteiger partial charge < -0.3 is 15.7 Å². The summed E-state index contributed by atoms with van der Waals surface area (Å²) in [6.45, 7) is 7.20. The second-order valence-electron chi connectivity index (χ2n) is 6.77. The molecule has 0 aromatic heterocycles. The van der Waals surface area contributed by atoms with Gasteiger partial charge >= 0.3 is 0 Å². The third-order valence-corrected chi connectivity index (χ3v) is 4.94. The van der Waals surface area contributed by atoms with Crippen LogP contribution in [0.4, 0.5) is 5.69 Å². The van der Waals surface area contributed by atoms with Crippen molar-refractivity contribution >= 4 is 5.69 Å². The molecule has 0 bridgehead atoms. The standard InChI is InChI=1S/C17H27N3O/c1-14-3-2-4-16(11-14)20-9-7-19(8-10-20)12-17(18,13-21)15-5-6-15/h2-4,11,15,21H,5-10,12-13,18H2,1H3. The number of benzene rings is 1. The Bertz CT molecular complexity index is 481. The van der Waals surface area contributed by atoms with Crippen LogP contribution in [-0.4, -0.2) is 54.9 Å². The van der Waals surface area contributed by atoms with Gasteiger partial charge in [0.1, 0.15) is 0 Å². The van der Waals surface area contributed by atoms with Gasteiger partial charge in [0.15, 0.2) is 0 Å². The van der Waals surface area contributed by atoms with Crippen LogP contribution in [0.3, 0.4) is 0 Å². The van der Waals surface area contributed by atoms with Gasteiger partial charge in [-0.05, 0) is 43.4 Å². The predicted molar refractivity (Wildman–Crippen MR) is 86.6 cm³/mol. The van der Waals surface area contributed by atoms with E-state index in [4.69, 9.17) is 5.73 Å². The van der Waals surface area contributed by atoms with E-state index in [1.54, 1.807) is 0 Å². The summed E-state index contributed by atoms with van der Waals surface area (Å²) >= 11 is 0. The van der Waals surface area contributed by atoms with Crippen molar-refractivity contribution in [2.24, 2.45) is 11.7 Å². The van der Waals surface area contributed by atoms with Gasteiger partial charge in [0.2, 0.25) is 0 Å². The van der Waals surface area contributed by atoms with Crippen molar-refractivity contribution in [3.63, 3.8) is 0 Å². The Morgan fingerprint density at radius 3 is 2.52 bits per heavy atom. The maximum Gasteiger partial charge on any atom is 0.0626 e. The fourth-order valence-corrected chi connectivity index (χ4v) is 3.37. The number of piperazine rings is 1. The van der Waals surface area contributed by atoms with Crippen molar-refractivity contribution in [1.82, 2.24) is 4.90 Å². The molecule has 0 amide bonds. The van der Waals surface area contributed by atoms with E-state index in [0.717, 1.165) is 32.7 Å². The van der Waals surface area contributed by atoms with Gasteiger partial charge in [-0.15, -0.1) is 0 Å². The molecule has 1 unspecified atom stereocenters. The van der Waals surface area contributed by atoms with E-state index < -0.39 is 0 Å². The van der Waals surface area contributed by atoms with Crippen molar-refractivity contribution in [3.05, 3.63) is 29.8 Å². The molecule has 2 fully saturated rings. The number of nitrogens with zero attached hydrogens (tertiary/aromatic N) is 2. The van der Waals surface area contributed by atoms with Crippen LogP contribution in [0.1, 0.15) is 18.4 Å². The first-order valence-electron chi connectivity index (χ1n) is 8.04. The number of rotatable bonds is 5. The monoisotopic (exact) mass is 289 g/mol. The lowest BCUT2D eigenvalue weighted by atomic mass is 9.94. The topological polar surface area (TPSA) is 52.7 Å². The number of anilines is 1. The quantitative estimate of drug-likeness (QED) is 0.856. The Morgan fingerprint density at radius 1 is 1.24 bits per heavy atom. The number of aliphatic hydroxyl groups is 1. The summed E-state index contributed by atoms with van der Waals surface area (Å²) in [6, 6.07) is 8.70. The zero-order valence-electron chi connectivity index (χ0n) is 13.0. The third kappa shape index (κ3) is 3.39. The van der Waals surface area contributed by atoms with Crippen molar-refractivity contribution < 1.29 is 5.11 Å². The van der Waals surface area contributed by atoms with Gasteiger partial charge in [-0.25, -0.2) is 0 Å². The molecule has 1 heterocycles. The Labute approximate surface area is 127 Å². The van der Waals surface area contributed by atoms with Gasteiger partial charge in [0.05, 0.1) is 12.1 Å². The van der Waals surface area contributed by atoms with Crippen LogP contribution in [0.25, 0.3) is 0 Å². The molecule has 1 atom stereocenters. The van der Waals surface area contributed by atoms with Gasteiger partial charge in [-0.1, -0.05) is 12.1 Å². The fraction of sp³-hybridized carbons (Fsp3) is 0.647. The van der Waals surface area contributed by atoms with E-state index in [9.17, 15) is 5.11 Å². The Balaban J connectivity index is 1.55. The highest BCUT2D eigenvalue weighted by Gasteiger charge is 2.43. The Hall–Kier alpha value is -1.10. The molecule has 1 saturated heterocycles. The smallest absolute Gasteiger partial charge is 0.0626 e. The first-order valence-corrected chi connectivity index (χ1v) is 8.04. The van der Waals surface area contributed by atoms with Crippen molar-refractivity contribution in [2.45, 2.75) is 25.3 Å². The highest BCUT2D eigenvalue weighted by atomic mass is 16.3. The summed E-state index contributed by atoms with van der Waals surface area (Å²) in [5.41, 5.74) is 8.64. The highest BCUT2D eigenvalue weighted by Crippen LogP contribution is 2.38. The van der Waals surface area contributed by atoms with Crippen molar-refractivity contribution in [2.75, 3.05) is 44.2 Å². The molecular weight excluding hydrogens is 262 g/mol. The summed E-state index contributed by atoms with van der Waals surface area (Å²) in [7, 11) is 0. The van der Waals surface area contributed by atoms with Gasteiger partial charge in [0, 0.05) is 38.4 Å². The predicted octanol–water partition coefficient (Wildman–Crippen LogP) is 1.22. The maximum atomic E-state index is 9.62. The fourth-order valence-electron chi connectivity index (χ4n) is 3.37. The van der Waals surface area contributed by atoms with Crippen molar-refractivity contribution in [3.8, 4) is 0 Å². The van der Waals surface area contributed by atoms with Crippen LogP contribution >= 0.6 is 0 Å². The molecule has 0 radical (unpaired) electrons. The molecular formula is C17H27N3O. The number of hydrogen-bond donors (Lipinski definition) is 2. The SMILES string of the molecule is Cc1cccc(N2CCN(CC(N)(CO)C3CC3)CC2)c1. The zero-order valence-corrected chi connectivity index (χ0v) is 13.0. The normalized spacial score (nSPS) is 23.1. The maximum absolute atomic E-state index is 9.62. The molecule has 4 nitrogen and oxygen atoms in total. The summed E-state index contributed by atoms with van der Waals surface area (Å²) < 4.78 is 0. The first-order chi connectivity index (χ1) is 10.1. The zero-order chi connectivity index (χ0) is 14.9. The lowest BCUT2D eigenvalue weighted by Crippen LogP contribution is -2.58. The lowest BCUT2D eigenvalue weighted by molar-refractivity contribution is 0.117. The van der Waals surface area contributed by atoms with E-state index in [1.165, 1.54) is 24.1 Å². The Kier molecular flexibility index (Phi) is 4.20. The van der Waals surface area contributed by atoms with Crippen LogP contribution in [0.15, 0.2) is 24.3 Å². The minimum absolute atomic E-state index is 0.107. The first kappa shape index (κ1) is 14.8. The average Bonchev–Trinajstić information content (AvgIpc) is 3.33. The van der Waals surface area contributed by atoms with Gasteiger partial charge in [-0.3, -0.25) is 4.90 Å². The molecule has 116 valence electrons. The lowest BCUT2D eigenvalue weighted by Gasteiger charge is -2.40. The van der Waals surface area contributed by atoms with Crippen molar-refractivity contribution in [1.29, 1.82) is 0 Å². The van der Waals surface area contributed by atoms with E-state index in [0.29, 0.717) is 5.92 Å². The molecule has 3 N–H and O–H groups in total. The molecule has 0 spiro atoms. The Morgan fingerprint density at radius 2 is 1.95 bits per heavy atom. The van der Waals surface area contributed by atoms with E-state index >= 15 is 0 Å². The summed E-state index contributed by atoms with van der Waals surface area (Å²) in [5, 5.41) is 9.62. The number of hydrogen-bond acceptors (Lipinski definition) is 4. The van der Waals surface area contributed by atoms with E-state index in [-0.39, 0.29) is 12.1 Å². The summed E-state index contributed by atoms with van der Waals surface area (Å²) in [6.07, 6.45) is 2.36. The van der Waals surface area contributed by atoms with E-state index in [2.05, 4.69) is 41.0 Å². The molecule has 21 heavy (non-hydrogen) atoms. The van der Waals surface area contributed by atoms with Crippen LogP contribution in [0, 0.1) is 12.8 Å². The molecule has 1 saturated carbocycles. The second-order valence-corrected chi connectivity index (χ2v) is 6.77. The van der Waals surface area contributed by atoms with Gasteiger partial charge in [0.25, 0.3) is 0 Å².